The third-order valence-corrected chi connectivity index (χ3v) is 5.55. The van der Waals surface area contributed by atoms with Crippen molar-refractivity contribution in [3.8, 4) is 0 Å². The number of benzene rings is 1. The summed E-state index contributed by atoms with van der Waals surface area (Å²) in [7, 11) is -3.31. The molecule has 2 rings (SSSR count). The quantitative estimate of drug-likeness (QED) is 0.804. The van der Waals surface area contributed by atoms with Gasteiger partial charge in [-0.1, -0.05) is 19.9 Å². The van der Waals surface area contributed by atoms with E-state index in [4.69, 9.17) is 0 Å². The van der Waals surface area contributed by atoms with E-state index in [-0.39, 0.29) is 0 Å². The topological polar surface area (TPSA) is 37.4 Å². The van der Waals surface area contributed by atoms with Crippen LogP contribution >= 0.6 is 0 Å². The van der Waals surface area contributed by atoms with Gasteiger partial charge in [0.25, 0.3) is 0 Å². The zero-order chi connectivity index (χ0) is 13.9. The molecule has 0 spiro atoms. The molecule has 0 atom stereocenters. The fraction of sp³-hybridized carbons (Fsp3) is 0.600. The molecular weight excluding hydrogens is 258 g/mol. The molecule has 0 bridgehead atoms. The summed E-state index contributed by atoms with van der Waals surface area (Å²) in [4.78, 5) is 0.468. The van der Waals surface area contributed by atoms with Crippen molar-refractivity contribution >= 4 is 10.0 Å². The van der Waals surface area contributed by atoms with Crippen molar-refractivity contribution in [2.45, 2.75) is 50.8 Å². The Morgan fingerprint density at radius 1 is 1.05 bits per heavy atom. The molecule has 19 heavy (non-hydrogen) atoms. The van der Waals surface area contributed by atoms with Crippen LogP contribution in [0.15, 0.2) is 23.1 Å². The SMILES string of the molecule is CCCN(CCC)S(=O)(=O)c1ccc2c(c1)CCC2. The third-order valence-electron chi connectivity index (χ3n) is 3.65. The van der Waals surface area contributed by atoms with Gasteiger partial charge in [-0.05, 0) is 55.4 Å². The summed E-state index contributed by atoms with van der Waals surface area (Å²) in [6.45, 7) is 5.24. The minimum Gasteiger partial charge on any atom is -0.207 e. The lowest BCUT2D eigenvalue weighted by molar-refractivity contribution is 0.410. The van der Waals surface area contributed by atoms with E-state index in [0.717, 1.165) is 32.1 Å². The zero-order valence-electron chi connectivity index (χ0n) is 11.9. The molecule has 0 unspecified atom stereocenters. The standard InChI is InChI=1S/C15H23NO2S/c1-3-10-16(11-4-2)19(17,18)15-9-8-13-6-5-7-14(13)12-15/h8-9,12H,3-7,10-11H2,1-2H3. The second kappa shape index (κ2) is 6.06. The summed E-state index contributed by atoms with van der Waals surface area (Å²) in [5.41, 5.74) is 2.53. The molecule has 4 heteroatoms. The number of fused-ring (bicyclic) bond motifs is 1. The fourth-order valence-electron chi connectivity index (χ4n) is 2.71. The van der Waals surface area contributed by atoms with Crippen molar-refractivity contribution in [1.29, 1.82) is 0 Å². The molecule has 0 fully saturated rings. The predicted molar refractivity (Wildman–Crippen MR) is 77.8 cm³/mol. The van der Waals surface area contributed by atoms with Gasteiger partial charge in [0, 0.05) is 13.1 Å². The van der Waals surface area contributed by atoms with E-state index < -0.39 is 10.0 Å². The Morgan fingerprint density at radius 3 is 2.32 bits per heavy atom. The van der Waals surface area contributed by atoms with Crippen molar-refractivity contribution in [1.82, 2.24) is 4.31 Å². The highest BCUT2D eigenvalue weighted by atomic mass is 32.2. The van der Waals surface area contributed by atoms with Crippen LogP contribution in [0.25, 0.3) is 0 Å². The van der Waals surface area contributed by atoms with E-state index in [9.17, 15) is 8.42 Å². The van der Waals surface area contributed by atoms with Crippen LogP contribution in [0.4, 0.5) is 0 Å². The van der Waals surface area contributed by atoms with Gasteiger partial charge in [-0.3, -0.25) is 0 Å². The van der Waals surface area contributed by atoms with Crippen molar-refractivity contribution in [2.75, 3.05) is 13.1 Å². The number of aryl methyl sites for hydroxylation is 2. The van der Waals surface area contributed by atoms with Crippen molar-refractivity contribution in [3.05, 3.63) is 29.3 Å². The van der Waals surface area contributed by atoms with Gasteiger partial charge in [0.1, 0.15) is 0 Å². The van der Waals surface area contributed by atoms with Crippen LogP contribution in [0.3, 0.4) is 0 Å². The second-order valence-electron chi connectivity index (χ2n) is 5.19. The lowest BCUT2D eigenvalue weighted by Crippen LogP contribution is -2.32. The van der Waals surface area contributed by atoms with E-state index in [2.05, 4.69) is 0 Å². The molecule has 0 saturated carbocycles. The molecule has 0 radical (unpaired) electrons. The first-order valence-electron chi connectivity index (χ1n) is 7.21. The molecule has 1 aliphatic carbocycles. The first-order chi connectivity index (χ1) is 9.09. The Hall–Kier alpha value is -0.870. The molecule has 106 valence electrons. The Balaban J connectivity index is 2.32. The molecular formula is C15H23NO2S. The van der Waals surface area contributed by atoms with Crippen molar-refractivity contribution in [2.24, 2.45) is 0 Å². The summed E-state index contributed by atoms with van der Waals surface area (Å²) in [5.74, 6) is 0. The largest absolute Gasteiger partial charge is 0.243 e. The monoisotopic (exact) mass is 281 g/mol. The van der Waals surface area contributed by atoms with Crippen LogP contribution in [-0.4, -0.2) is 25.8 Å². The molecule has 1 aromatic rings. The highest BCUT2D eigenvalue weighted by Crippen LogP contribution is 2.26. The van der Waals surface area contributed by atoms with Crippen LogP contribution in [0, 0.1) is 0 Å². The van der Waals surface area contributed by atoms with Gasteiger partial charge in [-0.25, -0.2) is 8.42 Å². The maximum atomic E-state index is 12.6. The molecule has 1 aromatic carbocycles. The van der Waals surface area contributed by atoms with E-state index in [1.807, 2.05) is 26.0 Å². The summed E-state index contributed by atoms with van der Waals surface area (Å²) in [5, 5.41) is 0. The molecule has 0 aromatic heterocycles. The van der Waals surface area contributed by atoms with E-state index in [1.165, 1.54) is 11.1 Å². The lowest BCUT2D eigenvalue weighted by atomic mass is 10.1. The highest BCUT2D eigenvalue weighted by molar-refractivity contribution is 7.89. The first-order valence-corrected chi connectivity index (χ1v) is 8.65. The van der Waals surface area contributed by atoms with Gasteiger partial charge in [0.05, 0.1) is 4.90 Å². The number of sulfonamides is 1. The number of rotatable bonds is 6. The molecule has 1 aliphatic rings. The van der Waals surface area contributed by atoms with Gasteiger partial charge >= 0.3 is 0 Å². The molecule has 0 saturated heterocycles. The van der Waals surface area contributed by atoms with Crippen LogP contribution in [0.5, 0.6) is 0 Å². The van der Waals surface area contributed by atoms with Crippen LogP contribution in [0.2, 0.25) is 0 Å². The van der Waals surface area contributed by atoms with Crippen LogP contribution in [0.1, 0.15) is 44.2 Å². The molecule has 3 nitrogen and oxygen atoms in total. The van der Waals surface area contributed by atoms with Crippen LogP contribution in [-0.2, 0) is 22.9 Å². The smallest absolute Gasteiger partial charge is 0.207 e. The normalized spacial score (nSPS) is 14.9. The van der Waals surface area contributed by atoms with E-state index >= 15 is 0 Å². The Morgan fingerprint density at radius 2 is 1.68 bits per heavy atom. The maximum absolute atomic E-state index is 12.6. The number of nitrogens with zero attached hydrogens (tertiary/aromatic N) is 1. The predicted octanol–water partition coefficient (Wildman–Crippen LogP) is 2.99. The Bertz CT molecular complexity index is 531. The Labute approximate surface area is 116 Å². The maximum Gasteiger partial charge on any atom is 0.243 e. The van der Waals surface area contributed by atoms with E-state index in [1.54, 1.807) is 10.4 Å². The summed E-state index contributed by atoms with van der Waals surface area (Å²) < 4.78 is 26.9. The van der Waals surface area contributed by atoms with Crippen LogP contribution < -0.4 is 0 Å². The first kappa shape index (κ1) is 14.5. The van der Waals surface area contributed by atoms with Crippen molar-refractivity contribution in [3.63, 3.8) is 0 Å². The summed E-state index contributed by atoms with van der Waals surface area (Å²) in [6, 6.07) is 5.65. The third kappa shape index (κ3) is 3.00. The van der Waals surface area contributed by atoms with Gasteiger partial charge < -0.3 is 0 Å². The van der Waals surface area contributed by atoms with E-state index in [0.29, 0.717) is 18.0 Å². The number of hydrogen-bond donors (Lipinski definition) is 0. The molecule has 0 aliphatic heterocycles. The van der Waals surface area contributed by atoms with Gasteiger partial charge in [0.15, 0.2) is 0 Å². The molecule has 0 N–H and O–H groups in total. The summed E-state index contributed by atoms with van der Waals surface area (Å²) >= 11 is 0. The number of hydrogen-bond acceptors (Lipinski definition) is 2. The minimum absolute atomic E-state index is 0.468. The minimum atomic E-state index is -3.31. The highest BCUT2D eigenvalue weighted by Gasteiger charge is 2.24. The Kier molecular flexibility index (Phi) is 4.63. The zero-order valence-corrected chi connectivity index (χ0v) is 12.7. The average Bonchev–Trinajstić information content (AvgIpc) is 2.85. The van der Waals surface area contributed by atoms with Gasteiger partial charge in [-0.2, -0.15) is 4.31 Å². The average molecular weight is 281 g/mol. The van der Waals surface area contributed by atoms with Gasteiger partial charge in [0.2, 0.25) is 10.0 Å². The lowest BCUT2D eigenvalue weighted by Gasteiger charge is -2.21. The second-order valence-corrected chi connectivity index (χ2v) is 7.13. The summed E-state index contributed by atoms with van der Waals surface area (Å²) in [6.07, 6.45) is 4.95. The van der Waals surface area contributed by atoms with Gasteiger partial charge in [-0.15, -0.1) is 0 Å². The molecule has 0 heterocycles. The van der Waals surface area contributed by atoms with Crippen molar-refractivity contribution < 1.29 is 8.42 Å². The fourth-order valence-corrected chi connectivity index (χ4v) is 4.38. The molecule has 0 amide bonds.